The molecule has 0 aliphatic heterocycles. The molecule has 0 amide bonds. The van der Waals surface area contributed by atoms with Crippen LogP contribution in [0.15, 0.2) is 35.6 Å². The van der Waals surface area contributed by atoms with Gasteiger partial charge in [-0.15, -0.1) is 11.8 Å². The molecular weight excluding hydrogens is 278 g/mol. The monoisotopic (exact) mass is 301 g/mol. The first-order chi connectivity index (χ1) is 10.3. The zero-order chi connectivity index (χ0) is 14.5. The minimum absolute atomic E-state index is 0.726. The van der Waals surface area contributed by atoms with Gasteiger partial charge >= 0.3 is 0 Å². The highest BCUT2D eigenvalue weighted by Crippen LogP contribution is 2.25. The maximum atomic E-state index is 4.43. The maximum Gasteiger partial charge on any atom is 0.117 e. The van der Waals surface area contributed by atoms with Crippen LogP contribution >= 0.6 is 11.8 Å². The highest BCUT2D eigenvalue weighted by atomic mass is 32.2. The molecular formula is C17H23N3S. The summed E-state index contributed by atoms with van der Waals surface area (Å²) in [6.45, 7) is 3.42. The van der Waals surface area contributed by atoms with E-state index in [1.807, 2.05) is 23.9 Å². The Hall–Kier alpha value is -1.13. The molecule has 1 aliphatic carbocycles. The summed E-state index contributed by atoms with van der Waals surface area (Å²) >= 11 is 1.83. The van der Waals surface area contributed by atoms with Crippen molar-refractivity contribution >= 4 is 22.7 Å². The molecule has 1 aromatic heterocycles. The second kappa shape index (κ2) is 7.23. The zero-order valence-corrected chi connectivity index (χ0v) is 13.4. The van der Waals surface area contributed by atoms with E-state index in [0.29, 0.717) is 0 Å². The number of para-hydroxylation sites is 1. The second-order valence-corrected chi connectivity index (χ2v) is 7.04. The van der Waals surface area contributed by atoms with Crippen LogP contribution in [0.1, 0.15) is 32.6 Å². The summed E-state index contributed by atoms with van der Waals surface area (Å²) < 4.78 is 0. The third kappa shape index (κ3) is 3.95. The van der Waals surface area contributed by atoms with Crippen molar-refractivity contribution < 1.29 is 0 Å². The number of aromatic nitrogens is 2. The van der Waals surface area contributed by atoms with Crippen molar-refractivity contribution in [3.63, 3.8) is 0 Å². The molecule has 0 saturated heterocycles. The van der Waals surface area contributed by atoms with Gasteiger partial charge in [0.25, 0.3) is 0 Å². The summed E-state index contributed by atoms with van der Waals surface area (Å²) in [5.74, 6) is 1.98. The summed E-state index contributed by atoms with van der Waals surface area (Å²) in [5, 5.41) is 5.96. The lowest BCUT2D eigenvalue weighted by Crippen LogP contribution is -2.34. The largest absolute Gasteiger partial charge is 0.313 e. The Balaban J connectivity index is 1.48. The normalized spacial score (nSPS) is 22.5. The Labute approximate surface area is 131 Å². The smallest absolute Gasteiger partial charge is 0.117 e. The molecule has 2 aromatic rings. The number of hydrogen-bond acceptors (Lipinski definition) is 4. The summed E-state index contributed by atoms with van der Waals surface area (Å²) in [7, 11) is 0. The minimum Gasteiger partial charge on any atom is -0.313 e. The third-order valence-electron chi connectivity index (χ3n) is 4.30. The van der Waals surface area contributed by atoms with Gasteiger partial charge in [0, 0.05) is 23.7 Å². The molecule has 3 nitrogen and oxygen atoms in total. The average molecular weight is 301 g/mol. The molecule has 0 radical (unpaired) electrons. The van der Waals surface area contributed by atoms with Crippen molar-refractivity contribution in [3.8, 4) is 0 Å². The maximum absolute atomic E-state index is 4.43. The molecule has 0 unspecified atom stereocenters. The van der Waals surface area contributed by atoms with Crippen LogP contribution in [0.5, 0.6) is 0 Å². The lowest BCUT2D eigenvalue weighted by molar-refractivity contribution is 0.312. The van der Waals surface area contributed by atoms with Gasteiger partial charge in [0.15, 0.2) is 0 Å². The van der Waals surface area contributed by atoms with Gasteiger partial charge < -0.3 is 5.32 Å². The van der Waals surface area contributed by atoms with Crippen molar-refractivity contribution in [3.05, 3.63) is 30.6 Å². The average Bonchev–Trinajstić information content (AvgIpc) is 2.53. The molecule has 0 spiro atoms. The Bertz CT molecular complexity index is 574. The molecule has 4 heteroatoms. The number of nitrogens with zero attached hydrogens (tertiary/aromatic N) is 2. The number of rotatable bonds is 5. The van der Waals surface area contributed by atoms with Crippen molar-refractivity contribution in [1.82, 2.24) is 15.3 Å². The molecule has 1 aromatic carbocycles. The van der Waals surface area contributed by atoms with E-state index in [-0.39, 0.29) is 0 Å². The summed E-state index contributed by atoms with van der Waals surface area (Å²) in [6.07, 6.45) is 7.09. The Morgan fingerprint density at radius 2 is 1.95 bits per heavy atom. The van der Waals surface area contributed by atoms with E-state index in [1.54, 1.807) is 6.33 Å². The number of fused-ring (bicyclic) bond motifs is 1. The van der Waals surface area contributed by atoms with Crippen molar-refractivity contribution in [1.29, 1.82) is 0 Å². The van der Waals surface area contributed by atoms with E-state index >= 15 is 0 Å². The molecule has 1 aliphatic rings. The highest BCUT2D eigenvalue weighted by Gasteiger charge is 2.17. The Kier molecular flexibility index (Phi) is 5.09. The lowest BCUT2D eigenvalue weighted by atomic mass is 9.87. The SMILES string of the molecule is CC1CCC(NCCSc2ncnc3ccccc23)CC1. The summed E-state index contributed by atoms with van der Waals surface area (Å²) in [4.78, 5) is 8.74. The molecule has 3 rings (SSSR count). The quantitative estimate of drug-likeness (QED) is 0.516. The number of hydrogen-bond donors (Lipinski definition) is 1. The van der Waals surface area contributed by atoms with E-state index in [9.17, 15) is 0 Å². The van der Waals surface area contributed by atoms with Gasteiger partial charge in [0.1, 0.15) is 11.4 Å². The summed E-state index contributed by atoms with van der Waals surface area (Å²) in [6, 6.07) is 8.95. The first-order valence-corrected chi connectivity index (χ1v) is 8.87. The fraction of sp³-hybridized carbons (Fsp3) is 0.529. The fourth-order valence-corrected chi connectivity index (χ4v) is 3.83. The molecule has 21 heavy (non-hydrogen) atoms. The van der Waals surface area contributed by atoms with Crippen molar-refractivity contribution in [2.24, 2.45) is 5.92 Å². The van der Waals surface area contributed by atoms with Gasteiger partial charge in [-0.25, -0.2) is 9.97 Å². The van der Waals surface area contributed by atoms with E-state index in [2.05, 4.69) is 34.3 Å². The fourth-order valence-electron chi connectivity index (χ4n) is 2.97. The zero-order valence-electron chi connectivity index (χ0n) is 12.6. The van der Waals surface area contributed by atoms with Crippen LogP contribution in [0.25, 0.3) is 10.9 Å². The standard InChI is InChI=1S/C17H23N3S/c1-13-6-8-14(9-7-13)18-10-11-21-17-15-4-2-3-5-16(15)19-12-20-17/h2-5,12-14,18H,6-11H2,1H3. The third-order valence-corrected chi connectivity index (χ3v) is 5.30. The number of thioether (sulfide) groups is 1. The van der Waals surface area contributed by atoms with Gasteiger partial charge in [0.05, 0.1) is 5.52 Å². The number of benzene rings is 1. The van der Waals surface area contributed by atoms with Gasteiger partial charge in [-0.2, -0.15) is 0 Å². The van der Waals surface area contributed by atoms with Crippen molar-refractivity contribution in [2.75, 3.05) is 12.3 Å². The highest BCUT2D eigenvalue weighted by molar-refractivity contribution is 7.99. The van der Waals surface area contributed by atoms with E-state index < -0.39 is 0 Å². The van der Waals surface area contributed by atoms with Gasteiger partial charge in [-0.3, -0.25) is 0 Å². The predicted molar refractivity (Wildman–Crippen MR) is 89.7 cm³/mol. The first-order valence-electron chi connectivity index (χ1n) is 7.89. The molecule has 0 bridgehead atoms. The van der Waals surface area contributed by atoms with Crippen LogP contribution < -0.4 is 5.32 Å². The van der Waals surface area contributed by atoms with Crippen molar-refractivity contribution in [2.45, 2.75) is 43.7 Å². The molecule has 112 valence electrons. The van der Waals surface area contributed by atoms with E-state index in [1.165, 1.54) is 25.7 Å². The molecule has 1 N–H and O–H groups in total. The number of nitrogens with one attached hydrogen (secondary N) is 1. The second-order valence-electron chi connectivity index (χ2n) is 5.96. The minimum atomic E-state index is 0.726. The van der Waals surface area contributed by atoms with Crippen LogP contribution in [0.3, 0.4) is 0 Å². The predicted octanol–water partition coefficient (Wildman–Crippen LogP) is 3.89. The van der Waals surface area contributed by atoms with Gasteiger partial charge in [0.2, 0.25) is 0 Å². The van der Waals surface area contributed by atoms with Gasteiger partial charge in [-0.1, -0.05) is 25.1 Å². The summed E-state index contributed by atoms with van der Waals surface area (Å²) in [5.41, 5.74) is 1.03. The molecule has 1 heterocycles. The Morgan fingerprint density at radius 1 is 1.14 bits per heavy atom. The van der Waals surface area contributed by atoms with Crippen LogP contribution in [0.2, 0.25) is 0 Å². The van der Waals surface area contributed by atoms with Crippen LogP contribution in [-0.2, 0) is 0 Å². The molecule has 1 fully saturated rings. The van der Waals surface area contributed by atoms with Gasteiger partial charge in [-0.05, 0) is 37.7 Å². The van der Waals surface area contributed by atoms with Crippen LogP contribution in [-0.4, -0.2) is 28.3 Å². The van der Waals surface area contributed by atoms with E-state index in [0.717, 1.165) is 40.2 Å². The van der Waals surface area contributed by atoms with Crippen LogP contribution in [0, 0.1) is 5.92 Å². The molecule has 0 atom stereocenters. The van der Waals surface area contributed by atoms with E-state index in [4.69, 9.17) is 0 Å². The Morgan fingerprint density at radius 3 is 2.81 bits per heavy atom. The lowest BCUT2D eigenvalue weighted by Gasteiger charge is -2.26. The first kappa shape index (κ1) is 14.8. The topological polar surface area (TPSA) is 37.8 Å². The van der Waals surface area contributed by atoms with Crippen LogP contribution in [0.4, 0.5) is 0 Å². The molecule has 1 saturated carbocycles.